The fraction of sp³-hybridized carbons (Fsp3) is 0.533. The average Bonchev–Trinajstić information content (AvgIpc) is 2.46. The quantitative estimate of drug-likeness (QED) is 0.369. The molecule has 0 aliphatic rings. The van der Waals surface area contributed by atoms with Crippen molar-refractivity contribution in [3.63, 3.8) is 0 Å². The fourth-order valence-corrected chi connectivity index (χ4v) is 1.76. The van der Waals surface area contributed by atoms with Crippen molar-refractivity contribution >= 4 is 29.9 Å². The Kier molecular flexibility index (Phi) is 10.8. The monoisotopic (exact) mass is 407 g/mol. The Balaban J connectivity index is 0.00000400. The molecule has 0 heterocycles. The van der Waals surface area contributed by atoms with E-state index in [2.05, 4.69) is 22.5 Å². The number of aromatic hydroxyl groups is 1. The molecule has 0 unspecified atom stereocenters. The number of hydrogen-bond donors (Lipinski definition) is 3. The van der Waals surface area contributed by atoms with Gasteiger partial charge >= 0.3 is 0 Å². The van der Waals surface area contributed by atoms with Crippen LogP contribution in [0, 0.1) is 0 Å². The first-order valence-electron chi connectivity index (χ1n) is 7.09. The van der Waals surface area contributed by atoms with Crippen LogP contribution < -0.4 is 15.4 Å². The van der Waals surface area contributed by atoms with Crippen molar-refractivity contribution in [2.75, 3.05) is 26.7 Å². The molecule has 0 amide bonds. The van der Waals surface area contributed by atoms with Crippen LogP contribution in [0.5, 0.6) is 11.5 Å². The van der Waals surface area contributed by atoms with E-state index in [0.29, 0.717) is 5.75 Å². The third-order valence-electron chi connectivity index (χ3n) is 2.82. The van der Waals surface area contributed by atoms with Crippen molar-refractivity contribution in [2.45, 2.75) is 26.7 Å². The van der Waals surface area contributed by atoms with Crippen LogP contribution in [-0.2, 0) is 6.42 Å². The highest BCUT2D eigenvalue weighted by Crippen LogP contribution is 2.23. The van der Waals surface area contributed by atoms with Gasteiger partial charge in [-0.25, -0.2) is 0 Å². The van der Waals surface area contributed by atoms with Gasteiger partial charge in [-0.3, -0.25) is 4.99 Å². The van der Waals surface area contributed by atoms with Gasteiger partial charge in [0.05, 0.1) is 7.11 Å². The van der Waals surface area contributed by atoms with Crippen LogP contribution in [0.4, 0.5) is 0 Å². The summed E-state index contributed by atoms with van der Waals surface area (Å²) in [7, 11) is 1.59. The van der Waals surface area contributed by atoms with Gasteiger partial charge in [-0.05, 0) is 31.4 Å². The first kappa shape index (κ1) is 19.8. The maximum Gasteiger partial charge on any atom is 0.191 e. The van der Waals surface area contributed by atoms with E-state index < -0.39 is 0 Å². The second kappa shape index (κ2) is 11.5. The van der Waals surface area contributed by atoms with E-state index >= 15 is 0 Å². The second-order valence-electron chi connectivity index (χ2n) is 4.43. The molecule has 0 atom stereocenters. The Morgan fingerprint density at radius 2 is 2.05 bits per heavy atom. The first-order chi connectivity index (χ1) is 9.71. The summed E-state index contributed by atoms with van der Waals surface area (Å²) >= 11 is 0. The van der Waals surface area contributed by atoms with Gasteiger partial charge in [0.25, 0.3) is 0 Å². The minimum absolute atomic E-state index is 0. The number of nitrogens with zero attached hydrogens (tertiary/aromatic N) is 1. The molecule has 5 nitrogen and oxygen atoms in total. The summed E-state index contributed by atoms with van der Waals surface area (Å²) in [4.78, 5) is 4.42. The lowest BCUT2D eigenvalue weighted by atomic mass is 10.1. The van der Waals surface area contributed by atoms with Crippen LogP contribution >= 0.6 is 24.0 Å². The lowest BCUT2D eigenvalue weighted by Gasteiger charge is -2.12. The number of phenols is 1. The van der Waals surface area contributed by atoms with Gasteiger partial charge in [0, 0.05) is 25.7 Å². The molecule has 0 aliphatic heterocycles. The van der Waals surface area contributed by atoms with Gasteiger partial charge in [0.15, 0.2) is 5.96 Å². The molecule has 21 heavy (non-hydrogen) atoms. The van der Waals surface area contributed by atoms with Crippen LogP contribution in [0.2, 0.25) is 0 Å². The normalized spacial score (nSPS) is 10.7. The summed E-state index contributed by atoms with van der Waals surface area (Å²) in [5.74, 6) is 1.75. The Hall–Kier alpha value is -1.18. The highest BCUT2D eigenvalue weighted by atomic mass is 127. The van der Waals surface area contributed by atoms with Crippen molar-refractivity contribution < 1.29 is 9.84 Å². The molecule has 0 radical (unpaired) electrons. The Morgan fingerprint density at radius 3 is 2.62 bits per heavy atom. The Bertz CT molecular complexity index is 439. The molecule has 0 saturated carbocycles. The first-order valence-corrected chi connectivity index (χ1v) is 7.09. The number of hydrogen-bond acceptors (Lipinski definition) is 3. The number of nitrogens with one attached hydrogen (secondary N) is 2. The Labute approximate surface area is 144 Å². The largest absolute Gasteiger partial charge is 0.508 e. The summed E-state index contributed by atoms with van der Waals surface area (Å²) in [5.41, 5.74) is 0.893. The number of halogens is 1. The maximum atomic E-state index is 9.88. The van der Waals surface area contributed by atoms with E-state index in [-0.39, 0.29) is 29.7 Å². The van der Waals surface area contributed by atoms with Crippen molar-refractivity contribution in [3.8, 4) is 11.5 Å². The number of methoxy groups -OCH3 is 1. The van der Waals surface area contributed by atoms with Crippen LogP contribution in [0.3, 0.4) is 0 Å². The predicted molar refractivity (Wildman–Crippen MR) is 98.1 cm³/mol. The smallest absolute Gasteiger partial charge is 0.191 e. The molecule has 0 aliphatic carbocycles. The van der Waals surface area contributed by atoms with Crippen LogP contribution in [0.15, 0.2) is 23.2 Å². The van der Waals surface area contributed by atoms with Gasteiger partial charge in [0.1, 0.15) is 11.5 Å². The minimum Gasteiger partial charge on any atom is -0.508 e. The predicted octanol–water partition coefficient (Wildman–Crippen LogP) is 2.53. The molecule has 1 rings (SSSR count). The highest BCUT2D eigenvalue weighted by Gasteiger charge is 2.03. The minimum atomic E-state index is 0. The zero-order valence-corrected chi connectivity index (χ0v) is 15.3. The third kappa shape index (κ3) is 7.40. The molecular formula is C15H26IN3O2. The van der Waals surface area contributed by atoms with E-state index in [4.69, 9.17) is 4.74 Å². The molecule has 3 N–H and O–H groups in total. The molecule has 0 bridgehead atoms. The van der Waals surface area contributed by atoms with E-state index in [0.717, 1.165) is 44.0 Å². The SMILES string of the molecule is CCCN=C(NCC)NCCc1ccc(OC)cc1O.I. The number of aliphatic imine (C=N–C) groups is 1. The van der Waals surface area contributed by atoms with Gasteiger partial charge in [-0.15, -0.1) is 24.0 Å². The topological polar surface area (TPSA) is 65.9 Å². The van der Waals surface area contributed by atoms with Crippen LogP contribution in [0.25, 0.3) is 0 Å². The molecule has 1 aromatic rings. The van der Waals surface area contributed by atoms with Gasteiger partial charge < -0.3 is 20.5 Å². The number of phenolic OH excluding ortho intramolecular Hbond substituents is 1. The van der Waals surface area contributed by atoms with E-state index in [9.17, 15) is 5.11 Å². The van der Waals surface area contributed by atoms with Gasteiger partial charge in [-0.2, -0.15) is 0 Å². The fourth-order valence-electron chi connectivity index (χ4n) is 1.76. The maximum absolute atomic E-state index is 9.88. The van der Waals surface area contributed by atoms with Crippen molar-refractivity contribution in [2.24, 2.45) is 4.99 Å². The van der Waals surface area contributed by atoms with E-state index in [1.807, 2.05) is 19.1 Å². The zero-order valence-electron chi connectivity index (χ0n) is 13.0. The number of ether oxygens (including phenoxy) is 1. The molecule has 0 saturated heterocycles. The third-order valence-corrected chi connectivity index (χ3v) is 2.82. The van der Waals surface area contributed by atoms with Crippen LogP contribution in [-0.4, -0.2) is 37.8 Å². The number of rotatable bonds is 7. The summed E-state index contributed by atoms with van der Waals surface area (Å²) < 4.78 is 5.06. The second-order valence-corrected chi connectivity index (χ2v) is 4.43. The highest BCUT2D eigenvalue weighted by molar-refractivity contribution is 14.0. The van der Waals surface area contributed by atoms with Crippen molar-refractivity contribution in [1.29, 1.82) is 0 Å². The standard InChI is InChI=1S/C15H25N3O2.HI/c1-4-9-17-15(16-5-2)18-10-8-12-6-7-13(20-3)11-14(12)19;/h6-7,11,19H,4-5,8-10H2,1-3H3,(H2,16,17,18);1H. The van der Waals surface area contributed by atoms with Crippen molar-refractivity contribution in [3.05, 3.63) is 23.8 Å². The zero-order chi connectivity index (χ0) is 14.8. The molecule has 0 spiro atoms. The average molecular weight is 407 g/mol. The molecule has 0 fully saturated rings. The molecular weight excluding hydrogens is 381 g/mol. The Morgan fingerprint density at radius 1 is 1.29 bits per heavy atom. The van der Waals surface area contributed by atoms with Crippen molar-refractivity contribution in [1.82, 2.24) is 10.6 Å². The van der Waals surface area contributed by atoms with E-state index in [1.54, 1.807) is 13.2 Å². The summed E-state index contributed by atoms with van der Waals surface area (Å²) in [6.45, 7) is 6.50. The summed E-state index contributed by atoms with van der Waals surface area (Å²) in [6, 6.07) is 5.36. The van der Waals surface area contributed by atoms with E-state index in [1.165, 1.54) is 0 Å². The lowest BCUT2D eigenvalue weighted by Crippen LogP contribution is -2.38. The van der Waals surface area contributed by atoms with Gasteiger partial charge in [0.2, 0.25) is 0 Å². The summed E-state index contributed by atoms with van der Waals surface area (Å²) in [6.07, 6.45) is 1.75. The van der Waals surface area contributed by atoms with Gasteiger partial charge in [-0.1, -0.05) is 13.0 Å². The molecule has 120 valence electrons. The lowest BCUT2D eigenvalue weighted by molar-refractivity contribution is 0.406. The van der Waals surface area contributed by atoms with Crippen LogP contribution in [0.1, 0.15) is 25.8 Å². The molecule has 0 aromatic heterocycles. The molecule has 1 aromatic carbocycles. The molecule has 6 heteroatoms. The number of guanidine groups is 1. The summed E-state index contributed by atoms with van der Waals surface area (Å²) in [5, 5.41) is 16.3. The number of benzene rings is 1.